The van der Waals surface area contributed by atoms with Crippen molar-refractivity contribution in [3.8, 4) is 0 Å². The Kier molecular flexibility index (Phi) is 2.92. The van der Waals surface area contributed by atoms with Gasteiger partial charge < -0.3 is 5.32 Å². The van der Waals surface area contributed by atoms with Crippen LogP contribution in [0, 0.1) is 29.6 Å². The highest BCUT2D eigenvalue weighted by molar-refractivity contribution is 5.03. The molecule has 102 valence electrons. The van der Waals surface area contributed by atoms with E-state index in [-0.39, 0.29) is 0 Å². The maximum Gasteiger partial charge on any atom is 0.0152 e. The highest BCUT2D eigenvalue weighted by Gasteiger charge is 2.50. The van der Waals surface area contributed by atoms with Crippen LogP contribution in [0.15, 0.2) is 0 Å². The standard InChI is InChI=1S/C16H28N2/c1-17-9-11-2-3-18(10-11)16-14-5-12-4-13(7-14)8-15(16)6-12/h11-17H,2-10H2,1H3. The average Bonchev–Trinajstić information content (AvgIpc) is 2.76. The largest absolute Gasteiger partial charge is 0.319 e. The maximum atomic E-state index is 3.37. The summed E-state index contributed by atoms with van der Waals surface area (Å²) in [5.41, 5.74) is 0. The highest BCUT2D eigenvalue weighted by atomic mass is 15.2. The molecule has 1 N–H and O–H groups in total. The van der Waals surface area contributed by atoms with E-state index in [9.17, 15) is 0 Å². The molecule has 0 aromatic carbocycles. The van der Waals surface area contributed by atoms with E-state index in [1.54, 1.807) is 32.1 Å². The summed E-state index contributed by atoms with van der Waals surface area (Å²) in [4.78, 5) is 2.90. The highest BCUT2D eigenvalue weighted by Crippen LogP contribution is 2.55. The fraction of sp³-hybridized carbons (Fsp3) is 1.00. The molecule has 1 aliphatic heterocycles. The lowest BCUT2D eigenvalue weighted by molar-refractivity contribution is -0.0592. The van der Waals surface area contributed by atoms with E-state index in [1.165, 1.54) is 26.1 Å². The van der Waals surface area contributed by atoms with Crippen molar-refractivity contribution in [1.29, 1.82) is 0 Å². The van der Waals surface area contributed by atoms with Crippen molar-refractivity contribution >= 4 is 0 Å². The topological polar surface area (TPSA) is 15.3 Å². The summed E-state index contributed by atoms with van der Waals surface area (Å²) in [6.07, 6.45) is 9.32. The number of nitrogens with one attached hydrogen (secondary N) is 1. The lowest BCUT2D eigenvalue weighted by atomic mass is 9.54. The average molecular weight is 248 g/mol. The third-order valence-electron chi connectivity index (χ3n) is 6.41. The van der Waals surface area contributed by atoms with Gasteiger partial charge >= 0.3 is 0 Å². The number of hydrogen-bond donors (Lipinski definition) is 1. The molecule has 1 saturated heterocycles. The van der Waals surface area contributed by atoms with Crippen molar-refractivity contribution in [1.82, 2.24) is 10.2 Å². The summed E-state index contributed by atoms with van der Waals surface area (Å²) < 4.78 is 0. The number of nitrogens with zero attached hydrogens (tertiary/aromatic N) is 1. The fourth-order valence-corrected chi connectivity index (χ4v) is 6.08. The van der Waals surface area contributed by atoms with E-state index in [4.69, 9.17) is 0 Å². The molecule has 5 fully saturated rings. The lowest BCUT2D eigenvalue weighted by Gasteiger charge is -2.56. The van der Waals surface area contributed by atoms with Gasteiger partial charge in [0, 0.05) is 12.6 Å². The molecule has 18 heavy (non-hydrogen) atoms. The zero-order valence-electron chi connectivity index (χ0n) is 11.8. The van der Waals surface area contributed by atoms with E-state index >= 15 is 0 Å². The monoisotopic (exact) mass is 248 g/mol. The number of rotatable bonds is 3. The van der Waals surface area contributed by atoms with Crippen molar-refractivity contribution in [3.63, 3.8) is 0 Å². The minimum Gasteiger partial charge on any atom is -0.319 e. The molecule has 0 aromatic rings. The Labute approximate surface area is 111 Å². The Morgan fingerprint density at radius 2 is 1.67 bits per heavy atom. The molecule has 2 nitrogen and oxygen atoms in total. The third kappa shape index (κ3) is 1.84. The van der Waals surface area contributed by atoms with Gasteiger partial charge in [0.25, 0.3) is 0 Å². The van der Waals surface area contributed by atoms with Crippen molar-refractivity contribution < 1.29 is 0 Å². The van der Waals surface area contributed by atoms with Gasteiger partial charge in [-0.1, -0.05) is 0 Å². The Morgan fingerprint density at radius 1 is 1.00 bits per heavy atom. The van der Waals surface area contributed by atoms with Crippen LogP contribution in [0.5, 0.6) is 0 Å². The lowest BCUT2D eigenvalue weighted by Crippen LogP contribution is -2.55. The van der Waals surface area contributed by atoms with E-state index < -0.39 is 0 Å². The van der Waals surface area contributed by atoms with Crippen LogP contribution in [-0.4, -0.2) is 37.6 Å². The quantitative estimate of drug-likeness (QED) is 0.825. The number of hydrogen-bond acceptors (Lipinski definition) is 2. The summed E-state index contributed by atoms with van der Waals surface area (Å²) in [6.45, 7) is 4.00. The Bertz CT molecular complexity index is 286. The minimum atomic E-state index is 0.923. The first kappa shape index (κ1) is 11.7. The zero-order chi connectivity index (χ0) is 12.1. The predicted molar refractivity (Wildman–Crippen MR) is 74.4 cm³/mol. The SMILES string of the molecule is CNCC1CCN(C2C3CC4CC(C3)CC2C4)C1. The summed E-state index contributed by atoms with van der Waals surface area (Å²) in [5.74, 6) is 5.33. The first-order valence-electron chi connectivity index (χ1n) is 8.22. The van der Waals surface area contributed by atoms with E-state index in [2.05, 4.69) is 17.3 Å². The smallest absolute Gasteiger partial charge is 0.0152 e. The molecule has 1 atom stereocenters. The summed E-state index contributed by atoms with van der Waals surface area (Å²) in [7, 11) is 2.10. The normalized spacial score (nSPS) is 51.2. The molecule has 1 heterocycles. The second-order valence-corrected chi connectivity index (χ2v) is 7.63. The van der Waals surface area contributed by atoms with E-state index in [0.29, 0.717) is 0 Å². The second kappa shape index (κ2) is 4.49. The molecule has 0 amide bonds. The van der Waals surface area contributed by atoms with Gasteiger partial charge in [-0.15, -0.1) is 0 Å². The molecule has 5 rings (SSSR count). The maximum absolute atomic E-state index is 3.37. The van der Waals surface area contributed by atoms with Gasteiger partial charge in [0.1, 0.15) is 0 Å². The van der Waals surface area contributed by atoms with Crippen LogP contribution >= 0.6 is 0 Å². The van der Waals surface area contributed by atoms with Crippen LogP contribution in [0.3, 0.4) is 0 Å². The van der Waals surface area contributed by atoms with Gasteiger partial charge in [-0.05, 0) is 88.3 Å². The molecule has 4 aliphatic carbocycles. The van der Waals surface area contributed by atoms with Gasteiger partial charge in [-0.3, -0.25) is 4.90 Å². The Balaban J connectivity index is 1.46. The van der Waals surface area contributed by atoms with Gasteiger partial charge in [-0.25, -0.2) is 0 Å². The van der Waals surface area contributed by atoms with Crippen LogP contribution in [0.25, 0.3) is 0 Å². The van der Waals surface area contributed by atoms with Crippen LogP contribution in [0.4, 0.5) is 0 Å². The molecule has 2 heteroatoms. The number of likely N-dealkylation sites (tertiary alicyclic amines) is 1. The molecule has 4 saturated carbocycles. The zero-order valence-corrected chi connectivity index (χ0v) is 11.8. The van der Waals surface area contributed by atoms with Gasteiger partial charge in [-0.2, -0.15) is 0 Å². The molecule has 0 aromatic heterocycles. The van der Waals surface area contributed by atoms with E-state index in [0.717, 1.165) is 35.6 Å². The van der Waals surface area contributed by atoms with Crippen LogP contribution < -0.4 is 5.32 Å². The van der Waals surface area contributed by atoms with Crippen molar-refractivity contribution in [2.24, 2.45) is 29.6 Å². The Hall–Kier alpha value is -0.0800. The first-order valence-corrected chi connectivity index (χ1v) is 8.22. The van der Waals surface area contributed by atoms with Crippen LogP contribution in [-0.2, 0) is 0 Å². The summed E-state index contributed by atoms with van der Waals surface area (Å²) in [6, 6.07) is 0.986. The van der Waals surface area contributed by atoms with Crippen LogP contribution in [0.2, 0.25) is 0 Å². The minimum absolute atomic E-state index is 0.923. The molecular weight excluding hydrogens is 220 g/mol. The fourth-order valence-electron chi connectivity index (χ4n) is 6.08. The Morgan fingerprint density at radius 3 is 2.28 bits per heavy atom. The van der Waals surface area contributed by atoms with Gasteiger partial charge in [0.05, 0.1) is 0 Å². The molecule has 0 spiro atoms. The van der Waals surface area contributed by atoms with Crippen molar-refractivity contribution in [3.05, 3.63) is 0 Å². The van der Waals surface area contributed by atoms with Crippen LogP contribution in [0.1, 0.15) is 38.5 Å². The second-order valence-electron chi connectivity index (χ2n) is 7.63. The predicted octanol–water partition coefficient (Wildman–Crippen LogP) is 2.35. The van der Waals surface area contributed by atoms with Crippen molar-refractivity contribution in [2.45, 2.75) is 44.6 Å². The summed E-state index contributed by atoms with van der Waals surface area (Å²) >= 11 is 0. The van der Waals surface area contributed by atoms with Crippen molar-refractivity contribution in [2.75, 3.05) is 26.7 Å². The molecule has 0 radical (unpaired) electrons. The molecular formula is C16H28N2. The molecule has 5 aliphatic rings. The van der Waals surface area contributed by atoms with Gasteiger partial charge in [0.15, 0.2) is 0 Å². The van der Waals surface area contributed by atoms with Gasteiger partial charge in [0.2, 0.25) is 0 Å². The molecule has 4 bridgehead atoms. The summed E-state index contributed by atoms with van der Waals surface area (Å²) in [5, 5.41) is 3.37. The third-order valence-corrected chi connectivity index (χ3v) is 6.41. The van der Waals surface area contributed by atoms with E-state index in [1.807, 2.05) is 0 Å². The molecule has 1 unspecified atom stereocenters. The first-order chi connectivity index (χ1) is 8.83.